The molecule has 0 bridgehead atoms. The van der Waals surface area contributed by atoms with Crippen molar-refractivity contribution in [2.45, 2.75) is 12.8 Å². The number of hydrogen-bond acceptors (Lipinski definition) is 3. The minimum absolute atomic E-state index is 0.657. The summed E-state index contributed by atoms with van der Waals surface area (Å²) >= 11 is 7.61. The topological polar surface area (TPSA) is 38.9 Å². The van der Waals surface area contributed by atoms with Crippen LogP contribution in [0.1, 0.15) is 16.3 Å². The van der Waals surface area contributed by atoms with Gasteiger partial charge in [0.25, 0.3) is 0 Å². The van der Waals surface area contributed by atoms with Crippen LogP contribution >= 0.6 is 22.9 Å². The molecule has 0 spiro atoms. The fourth-order valence-corrected chi connectivity index (χ4v) is 2.55. The van der Waals surface area contributed by atoms with Crippen LogP contribution in [0.25, 0.3) is 0 Å². The van der Waals surface area contributed by atoms with Crippen molar-refractivity contribution in [1.82, 2.24) is 4.98 Å². The van der Waals surface area contributed by atoms with E-state index < -0.39 is 0 Å². The summed E-state index contributed by atoms with van der Waals surface area (Å²) in [5, 5.41) is 3.97. The van der Waals surface area contributed by atoms with E-state index in [4.69, 9.17) is 17.3 Å². The summed E-state index contributed by atoms with van der Waals surface area (Å²) in [6.45, 7) is 0.657. The molecule has 0 radical (unpaired) electrons. The van der Waals surface area contributed by atoms with Crippen LogP contribution in [-0.4, -0.2) is 11.5 Å². The van der Waals surface area contributed by atoms with Crippen LogP contribution < -0.4 is 5.73 Å². The number of rotatable bonds is 4. The highest BCUT2D eigenvalue weighted by Crippen LogP contribution is 2.16. The van der Waals surface area contributed by atoms with Crippen molar-refractivity contribution in [2.24, 2.45) is 5.73 Å². The molecule has 2 nitrogen and oxygen atoms in total. The van der Waals surface area contributed by atoms with Gasteiger partial charge in [-0.25, -0.2) is 4.98 Å². The van der Waals surface area contributed by atoms with Gasteiger partial charge in [-0.2, -0.15) is 0 Å². The molecule has 0 aliphatic heterocycles. The Morgan fingerprint density at radius 3 is 3.00 bits per heavy atom. The molecule has 1 aromatic heterocycles. The largest absolute Gasteiger partial charge is 0.330 e. The molecule has 0 unspecified atom stereocenters. The molecule has 0 aliphatic carbocycles. The summed E-state index contributed by atoms with van der Waals surface area (Å²) in [5.41, 5.74) is 7.78. The summed E-state index contributed by atoms with van der Waals surface area (Å²) in [6.07, 6.45) is 1.70. The van der Waals surface area contributed by atoms with E-state index in [1.807, 2.05) is 18.2 Å². The smallest absolute Gasteiger partial charge is 0.0940 e. The Labute approximate surface area is 104 Å². The van der Waals surface area contributed by atoms with Crippen LogP contribution in [0.4, 0.5) is 0 Å². The van der Waals surface area contributed by atoms with Gasteiger partial charge in [0, 0.05) is 23.2 Å². The molecule has 1 aromatic carbocycles. The molecule has 0 saturated carbocycles. The Morgan fingerprint density at radius 1 is 1.38 bits per heavy atom. The molecule has 1 heterocycles. The minimum Gasteiger partial charge on any atom is -0.330 e. The second kappa shape index (κ2) is 5.43. The van der Waals surface area contributed by atoms with Crippen molar-refractivity contribution >= 4 is 22.9 Å². The molecule has 0 amide bonds. The van der Waals surface area contributed by atoms with Crippen LogP contribution in [-0.2, 0) is 12.8 Å². The van der Waals surface area contributed by atoms with Crippen molar-refractivity contribution in [3.8, 4) is 0 Å². The van der Waals surface area contributed by atoms with E-state index in [-0.39, 0.29) is 0 Å². The predicted molar refractivity (Wildman–Crippen MR) is 69.1 cm³/mol. The first-order chi connectivity index (χ1) is 7.78. The van der Waals surface area contributed by atoms with Gasteiger partial charge in [0.05, 0.1) is 10.7 Å². The summed E-state index contributed by atoms with van der Waals surface area (Å²) in [7, 11) is 0. The summed E-state index contributed by atoms with van der Waals surface area (Å²) in [6, 6.07) is 7.88. The maximum Gasteiger partial charge on any atom is 0.0940 e. The normalized spacial score (nSPS) is 10.6. The van der Waals surface area contributed by atoms with Crippen LogP contribution in [0.15, 0.2) is 29.6 Å². The molecule has 0 saturated heterocycles. The zero-order chi connectivity index (χ0) is 11.4. The van der Waals surface area contributed by atoms with Gasteiger partial charge in [-0.3, -0.25) is 0 Å². The summed E-state index contributed by atoms with van der Waals surface area (Å²) in [4.78, 5) is 4.52. The van der Waals surface area contributed by atoms with Gasteiger partial charge < -0.3 is 5.73 Å². The first kappa shape index (κ1) is 11.6. The standard InChI is InChI=1S/C12H13ClN2S/c13-10-3-1-2-9(6-10)7-11-8-16-12(15-11)4-5-14/h1-3,6,8H,4-5,7,14H2. The fraction of sp³-hybridized carbons (Fsp3) is 0.250. The Hall–Kier alpha value is -0.900. The molecule has 84 valence electrons. The highest BCUT2D eigenvalue weighted by atomic mass is 35.5. The maximum atomic E-state index is 5.93. The molecule has 2 aromatic rings. The zero-order valence-electron chi connectivity index (χ0n) is 8.82. The lowest BCUT2D eigenvalue weighted by atomic mass is 10.1. The van der Waals surface area contributed by atoms with E-state index in [0.717, 1.165) is 28.6 Å². The number of aromatic nitrogens is 1. The van der Waals surface area contributed by atoms with E-state index in [1.165, 1.54) is 5.56 Å². The lowest BCUT2D eigenvalue weighted by Crippen LogP contribution is -2.02. The quantitative estimate of drug-likeness (QED) is 0.909. The van der Waals surface area contributed by atoms with Gasteiger partial charge in [-0.05, 0) is 24.2 Å². The lowest BCUT2D eigenvalue weighted by molar-refractivity contribution is 0.936. The zero-order valence-corrected chi connectivity index (χ0v) is 10.4. The monoisotopic (exact) mass is 252 g/mol. The second-order valence-electron chi connectivity index (χ2n) is 3.58. The Bertz CT molecular complexity index is 468. The van der Waals surface area contributed by atoms with Gasteiger partial charge in [0.2, 0.25) is 0 Å². The number of hydrogen-bond donors (Lipinski definition) is 1. The third-order valence-electron chi connectivity index (χ3n) is 2.23. The molecule has 0 aliphatic rings. The van der Waals surface area contributed by atoms with Gasteiger partial charge in [-0.15, -0.1) is 11.3 Å². The lowest BCUT2D eigenvalue weighted by Gasteiger charge is -1.98. The molecule has 0 fully saturated rings. The molecular weight excluding hydrogens is 240 g/mol. The molecule has 2 rings (SSSR count). The van der Waals surface area contributed by atoms with Gasteiger partial charge in [0.15, 0.2) is 0 Å². The van der Waals surface area contributed by atoms with Crippen LogP contribution in [0.5, 0.6) is 0 Å². The van der Waals surface area contributed by atoms with Crippen molar-refractivity contribution in [3.63, 3.8) is 0 Å². The fourth-order valence-electron chi connectivity index (χ4n) is 1.52. The SMILES string of the molecule is NCCc1nc(Cc2cccc(Cl)c2)cs1. The number of halogens is 1. The highest BCUT2D eigenvalue weighted by molar-refractivity contribution is 7.09. The van der Waals surface area contributed by atoms with Crippen molar-refractivity contribution in [2.75, 3.05) is 6.54 Å². The molecule has 16 heavy (non-hydrogen) atoms. The number of benzene rings is 1. The van der Waals surface area contributed by atoms with Crippen molar-refractivity contribution < 1.29 is 0 Å². The van der Waals surface area contributed by atoms with Gasteiger partial charge in [0.1, 0.15) is 0 Å². The highest BCUT2D eigenvalue weighted by Gasteiger charge is 2.02. The third-order valence-corrected chi connectivity index (χ3v) is 3.42. The van der Waals surface area contributed by atoms with Crippen LogP contribution in [0.3, 0.4) is 0 Å². The average molecular weight is 253 g/mol. The van der Waals surface area contributed by atoms with Crippen LogP contribution in [0.2, 0.25) is 5.02 Å². The molecule has 2 N–H and O–H groups in total. The van der Waals surface area contributed by atoms with Crippen LogP contribution in [0, 0.1) is 0 Å². The summed E-state index contributed by atoms with van der Waals surface area (Å²) in [5.74, 6) is 0. The maximum absolute atomic E-state index is 5.93. The molecule has 4 heteroatoms. The average Bonchev–Trinajstić information content (AvgIpc) is 2.66. The first-order valence-corrected chi connectivity index (χ1v) is 6.41. The van der Waals surface area contributed by atoms with Crippen molar-refractivity contribution in [1.29, 1.82) is 0 Å². The second-order valence-corrected chi connectivity index (χ2v) is 4.96. The van der Waals surface area contributed by atoms with E-state index in [2.05, 4.69) is 16.4 Å². The van der Waals surface area contributed by atoms with Gasteiger partial charge >= 0.3 is 0 Å². The molecule has 0 atom stereocenters. The third kappa shape index (κ3) is 3.04. The molecular formula is C12H13ClN2S. The Balaban J connectivity index is 2.08. The van der Waals surface area contributed by atoms with Gasteiger partial charge in [-0.1, -0.05) is 23.7 Å². The first-order valence-electron chi connectivity index (χ1n) is 5.15. The number of nitrogens with zero attached hydrogens (tertiary/aromatic N) is 1. The van der Waals surface area contributed by atoms with E-state index in [1.54, 1.807) is 11.3 Å². The van der Waals surface area contributed by atoms with E-state index in [9.17, 15) is 0 Å². The van der Waals surface area contributed by atoms with Crippen molar-refractivity contribution in [3.05, 3.63) is 50.9 Å². The van der Waals surface area contributed by atoms with E-state index in [0.29, 0.717) is 6.54 Å². The minimum atomic E-state index is 0.657. The Kier molecular flexibility index (Phi) is 3.93. The predicted octanol–water partition coefficient (Wildman–Crippen LogP) is 2.89. The number of thiazole rings is 1. The number of nitrogens with two attached hydrogens (primary N) is 1. The van der Waals surface area contributed by atoms with E-state index >= 15 is 0 Å². The summed E-state index contributed by atoms with van der Waals surface area (Å²) < 4.78 is 0. The Morgan fingerprint density at radius 2 is 2.25 bits per heavy atom.